The third-order valence-corrected chi connectivity index (χ3v) is 3.00. The van der Waals surface area contributed by atoms with Gasteiger partial charge in [-0.3, -0.25) is 0 Å². The molecule has 0 unspecified atom stereocenters. The van der Waals surface area contributed by atoms with Gasteiger partial charge in [0.15, 0.2) is 12.4 Å². The predicted molar refractivity (Wildman–Crippen MR) is 78.1 cm³/mol. The number of para-hydroxylation sites is 1. The highest BCUT2D eigenvalue weighted by Crippen LogP contribution is 2.24. The van der Waals surface area contributed by atoms with Crippen LogP contribution >= 0.6 is 0 Å². The average Bonchev–Trinajstić information content (AvgIpc) is 2.88. The van der Waals surface area contributed by atoms with Crippen LogP contribution in [0, 0.1) is 13.8 Å². The number of hydrogen-bond acceptors (Lipinski definition) is 6. The first-order valence-electron chi connectivity index (χ1n) is 6.91. The Morgan fingerprint density at radius 2 is 2.14 bits per heavy atom. The molecule has 2 aromatic rings. The van der Waals surface area contributed by atoms with Gasteiger partial charge in [0.1, 0.15) is 5.75 Å². The molecule has 6 heteroatoms. The summed E-state index contributed by atoms with van der Waals surface area (Å²) in [5.74, 6) is 1.95. The topological polar surface area (TPSA) is 69.4 Å². The molecule has 0 radical (unpaired) electrons. The SMILES string of the molecule is COCCNCc1cccc(C)c1OCc1nc(C)no1. The Bertz CT molecular complexity index is 569. The van der Waals surface area contributed by atoms with Crippen molar-refractivity contribution in [2.75, 3.05) is 20.3 Å². The van der Waals surface area contributed by atoms with Crippen molar-refractivity contribution in [1.82, 2.24) is 15.5 Å². The largest absolute Gasteiger partial charge is 0.483 e. The number of methoxy groups -OCH3 is 1. The van der Waals surface area contributed by atoms with Crippen molar-refractivity contribution in [3.05, 3.63) is 41.0 Å². The molecule has 2 rings (SSSR count). The Balaban J connectivity index is 1.99. The van der Waals surface area contributed by atoms with Gasteiger partial charge in [0.05, 0.1) is 6.61 Å². The Morgan fingerprint density at radius 3 is 2.86 bits per heavy atom. The smallest absolute Gasteiger partial charge is 0.264 e. The number of nitrogens with zero attached hydrogens (tertiary/aromatic N) is 2. The molecule has 0 aliphatic rings. The lowest BCUT2D eigenvalue weighted by molar-refractivity contribution is 0.198. The van der Waals surface area contributed by atoms with E-state index in [1.165, 1.54) is 0 Å². The minimum atomic E-state index is 0.275. The predicted octanol–water partition coefficient (Wildman–Crippen LogP) is 2.00. The first-order valence-corrected chi connectivity index (χ1v) is 6.91. The zero-order valence-electron chi connectivity index (χ0n) is 12.7. The van der Waals surface area contributed by atoms with Crippen LogP contribution in [0.15, 0.2) is 22.7 Å². The summed E-state index contributed by atoms with van der Waals surface area (Å²) in [6, 6.07) is 6.08. The fourth-order valence-electron chi connectivity index (χ4n) is 1.99. The summed E-state index contributed by atoms with van der Waals surface area (Å²) < 4.78 is 15.9. The number of aryl methyl sites for hydroxylation is 2. The minimum absolute atomic E-state index is 0.275. The second kappa shape index (κ2) is 7.75. The van der Waals surface area contributed by atoms with Crippen LogP contribution in [0.2, 0.25) is 0 Å². The molecule has 114 valence electrons. The number of hydrogen-bond donors (Lipinski definition) is 1. The third kappa shape index (κ3) is 4.54. The lowest BCUT2D eigenvalue weighted by Crippen LogP contribution is -2.19. The molecule has 0 bridgehead atoms. The minimum Gasteiger partial charge on any atom is -0.483 e. The Kier molecular flexibility index (Phi) is 5.71. The molecule has 0 aliphatic carbocycles. The first kappa shape index (κ1) is 15.5. The maximum Gasteiger partial charge on any atom is 0.264 e. The van der Waals surface area contributed by atoms with Crippen LogP contribution in [0.1, 0.15) is 22.8 Å². The van der Waals surface area contributed by atoms with Crippen molar-refractivity contribution in [1.29, 1.82) is 0 Å². The molecule has 0 amide bonds. The van der Waals surface area contributed by atoms with Crippen LogP contribution in [-0.2, 0) is 17.9 Å². The summed E-state index contributed by atoms with van der Waals surface area (Å²) in [4.78, 5) is 4.14. The molecule has 0 fully saturated rings. The van der Waals surface area contributed by atoms with E-state index in [9.17, 15) is 0 Å². The zero-order chi connectivity index (χ0) is 15.1. The molecular formula is C15H21N3O3. The standard InChI is InChI=1S/C15H21N3O3/c1-11-5-4-6-13(9-16-7-8-19-3)15(11)20-10-14-17-12(2)18-21-14/h4-6,16H,7-10H2,1-3H3. The second-order valence-electron chi connectivity index (χ2n) is 4.76. The maximum absolute atomic E-state index is 5.86. The van der Waals surface area contributed by atoms with Gasteiger partial charge in [-0.05, 0) is 19.4 Å². The summed E-state index contributed by atoms with van der Waals surface area (Å²) in [6.07, 6.45) is 0. The van der Waals surface area contributed by atoms with Crippen LogP contribution in [0.4, 0.5) is 0 Å². The molecule has 0 spiro atoms. The fraction of sp³-hybridized carbons (Fsp3) is 0.467. The van der Waals surface area contributed by atoms with Gasteiger partial charge in [-0.1, -0.05) is 23.4 Å². The fourth-order valence-corrected chi connectivity index (χ4v) is 1.99. The van der Waals surface area contributed by atoms with E-state index in [2.05, 4.69) is 15.5 Å². The van der Waals surface area contributed by atoms with Crippen molar-refractivity contribution in [3.8, 4) is 5.75 Å². The number of ether oxygens (including phenoxy) is 2. The number of benzene rings is 1. The summed E-state index contributed by atoms with van der Waals surface area (Å²) >= 11 is 0. The van der Waals surface area contributed by atoms with E-state index in [-0.39, 0.29) is 6.61 Å². The summed E-state index contributed by atoms with van der Waals surface area (Å²) in [7, 11) is 1.69. The van der Waals surface area contributed by atoms with Crippen molar-refractivity contribution >= 4 is 0 Å². The second-order valence-corrected chi connectivity index (χ2v) is 4.76. The third-order valence-electron chi connectivity index (χ3n) is 3.00. The summed E-state index contributed by atoms with van der Waals surface area (Å²) in [6.45, 7) is 6.29. The van der Waals surface area contributed by atoms with Crippen LogP contribution in [0.5, 0.6) is 5.75 Å². The van der Waals surface area contributed by atoms with E-state index >= 15 is 0 Å². The van der Waals surface area contributed by atoms with E-state index in [0.29, 0.717) is 18.3 Å². The van der Waals surface area contributed by atoms with Crippen LogP contribution in [0.3, 0.4) is 0 Å². The molecule has 1 aromatic carbocycles. The van der Waals surface area contributed by atoms with Gasteiger partial charge < -0.3 is 19.3 Å². The van der Waals surface area contributed by atoms with Gasteiger partial charge in [0, 0.05) is 25.8 Å². The normalized spacial score (nSPS) is 10.8. The average molecular weight is 291 g/mol. The number of rotatable bonds is 8. The molecule has 0 saturated carbocycles. The Hall–Kier alpha value is -1.92. The molecular weight excluding hydrogens is 270 g/mol. The van der Waals surface area contributed by atoms with E-state index in [0.717, 1.165) is 30.0 Å². The molecule has 0 aliphatic heterocycles. The highest BCUT2D eigenvalue weighted by molar-refractivity contribution is 5.40. The Labute approximate surface area is 124 Å². The molecule has 1 aromatic heterocycles. The number of nitrogens with one attached hydrogen (secondary N) is 1. The van der Waals surface area contributed by atoms with Gasteiger partial charge in [-0.2, -0.15) is 4.98 Å². The van der Waals surface area contributed by atoms with E-state index in [1.807, 2.05) is 25.1 Å². The Morgan fingerprint density at radius 1 is 1.29 bits per heavy atom. The molecule has 21 heavy (non-hydrogen) atoms. The summed E-state index contributed by atoms with van der Waals surface area (Å²) in [5.41, 5.74) is 2.18. The first-order chi connectivity index (χ1) is 10.2. The lowest BCUT2D eigenvalue weighted by atomic mass is 10.1. The van der Waals surface area contributed by atoms with E-state index in [4.69, 9.17) is 14.0 Å². The van der Waals surface area contributed by atoms with Crippen LogP contribution in [0.25, 0.3) is 0 Å². The van der Waals surface area contributed by atoms with Gasteiger partial charge in [0.25, 0.3) is 5.89 Å². The highest BCUT2D eigenvalue weighted by atomic mass is 16.5. The van der Waals surface area contributed by atoms with Crippen LogP contribution < -0.4 is 10.1 Å². The van der Waals surface area contributed by atoms with Crippen LogP contribution in [-0.4, -0.2) is 30.4 Å². The molecule has 0 saturated heterocycles. The quantitative estimate of drug-likeness (QED) is 0.750. The molecule has 1 heterocycles. The van der Waals surface area contributed by atoms with Crippen molar-refractivity contribution in [2.24, 2.45) is 0 Å². The van der Waals surface area contributed by atoms with E-state index < -0.39 is 0 Å². The molecule has 6 nitrogen and oxygen atoms in total. The van der Waals surface area contributed by atoms with Gasteiger partial charge in [-0.15, -0.1) is 0 Å². The van der Waals surface area contributed by atoms with Gasteiger partial charge in [0.2, 0.25) is 0 Å². The van der Waals surface area contributed by atoms with Crippen molar-refractivity contribution < 1.29 is 14.0 Å². The maximum atomic E-state index is 5.86. The highest BCUT2D eigenvalue weighted by Gasteiger charge is 2.09. The molecule has 0 atom stereocenters. The van der Waals surface area contributed by atoms with Crippen molar-refractivity contribution in [3.63, 3.8) is 0 Å². The monoisotopic (exact) mass is 291 g/mol. The van der Waals surface area contributed by atoms with Crippen molar-refractivity contribution in [2.45, 2.75) is 27.0 Å². The van der Waals surface area contributed by atoms with Gasteiger partial charge in [-0.25, -0.2) is 0 Å². The molecule has 1 N–H and O–H groups in total. The van der Waals surface area contributed by atoms with E-state index in [1.54, 1.807) is 14.0 Å². The number of aromatic nitrogens is 2. The lowest BCUT2D eigenvalue weighted by Gasteiger charge is -2.13. The zero-order valence-corrected chi connectivity index (χ0v) is 12.7. The summed E-state index contributed by atoms with van der Waals surface area (Å²) in [5, 5.41) is 7.07. The van der Waals surface area contributed by atoms with Gasteiger partial charge >= 0.3 is 0 Å².